The van der Waals surface area contributed by atoms with Gasteiger partial charge in [0.1, 0.15) is 0 Å². The molecule has 9 nitrogen and oxygen atoms in total. The number of benzene rings is 4. The third-order valence-corrected chi connectivity index (χ3v) is 10.3. The minimum absolute atomic E-state index is 0.0518. The van der Waals surface area contributed by atoms with Crippen molar-refractivity contribution < 1.29 is 8.42 Å². The molecule has 0 atom stereocenters. The number of tetrazole rings is 1. The molecule has 0 aliphatic rings. The van der Waals surface area contributed by atoms with Gasteiger partial charge in [-0.2, -0.15) is 9.52 Å². The topological polar surface area (TPSA) is 114 Å². The number of pyridine rings is 1. The van der Waals surface area contributed by atoms with E-state index in [4.69, 9.17) is 0 Å². The highest BCUT2D eigenvalue weighted by Gasteiger charge is 2.26. The average molecular weight is 659 g/mol. The Hall–Kier alpha value is -5.19. The number of nitrogens with one attached hydrogen (secondary N) is 1. The summed E-state index contributed by atoms with van der Waals surface area (Å²) in [5.74, 6) is 0.518. The minimum atomic E-state index is -3.91. The molecule has 0 fully saturated rings. The molecule has 244 valence electrons. The maximum atomic E-state index is 14.2. The van der Waals surface area contributed by atoms with Crippen molar-refractivity contribution in [1.29, 1.82) is 0 Å². The third kappa shape index (κ3) is 7.35. The van der Waals surface area contributed by atoms with Crippen molar-refractivity contribution in [1.82, 2.24) is 29.5 Å². The molecular weight excluding hydrogens is 621 g/mol. The number of H-pyrrole nitrogens is 1. The molecule has 6 aromatic rings. The van der Waals surface area contributed by atoms with Crippen molar-refractivity contribution in [3.8, 4) is 22.5 Å². The summed E-state index contributed by atoms with van der Waals surface area (Å²) < 4.78 is 31.2. The molecule has 10 heteroatoms. The van der Waals surface area contributed by atoms with Gasteiger partial charge in [-0.3, -0.25) is 4.79 Å². The maximum Gasteiger partial charge on any atom is 0.255 e. The Morgan fingerprint density at radius 2 is 1.48 bits per heavy atom. The maximum absolute atomic E-state index is 14.2. The van der Waals surface area contributed by atoms with Gasteiger partial charge in [-0.05, 0) is 65.4 Å². The van der Waals surface area contributed by atoms with E-state index in [9.17, 15) is 13.2 Å². The Morgan fingerprint density at radius 1 is 0.771 bits per heavy atom. The Bertz CT molecular complexity index is 2130. The van der Waals surface area contributed by atoms with Gasteiger partial charge >= 0.3 is 0 Å². The lowest BCUT2D eigenvalue weighted by Gasteiger charge is -2.23. The number of rotatable bonds is 13. The molecule has 0 amide bonds. The zero-order valence-corrected chi connectivity index (χ0v) is 27.9. The summed E-state index contributed by atoms with van der Waals surface area (Å²) in [5, 5.41) is 14.5. The quantitative estimate of drug-likeness (QED) is 0.146. The standard InChI is InChI=1S/C38H38N6O3S/c1-3-4-12-33-22-21-32(27-43(25-29-10-6-5-7-11-29)48(46,47)34-23-15-28(2)16-24-34)38(45)44(33)26-30-17-19-31(20-18-30)35-13-8-9-14-36(35)37-39-41-42-40-37/h5-11,13-24H,3-4,12,25-27H2,1-2H3,(H,39,40,41,42). The van der Waals surface area contributed by atoms with Gasteiger partial charge in [0.2, 0.25) is 15.8 Å². The van der Waals surface area contributed by atoms with Gasteiger partial charge in [0.15, 0.2) is 0 Å². The minimum Gasteiger partial charge on any atom is -0.308 e. The third-order valence-electron chi connectivity index (χ3n) is 8.46. The molecule has 0 aliphatic carbocycles. The van der Waals surface area contributed by atoms with Gasteiger partial charge in [-0.25, -0.2) is 8.42 Å². The molecule has 0 saturated carbocycles. The zero-order chi connectivity index (χ0) is 33.5. The van der Waals surface area contributed by atoms with Crippen LogP contribution < -0.4 is 5.56 Å². The normalized spacial score (nSPS) is 11.6. The first kappa shape index (κ1) is 32.7. The van der Waals surface area contributed by atoms with Crippen LogP contribution in [0.1, 0.15) is 47.7 Å². The second-order valence-corrected chi connectivity index (χ2v) is 13.8. The van der Waals surface area contributed by atoms with Crippen LogP contribution in [-0.2, 0) is 36.1 Å². The number of hydrogen-bond donors (Lipinski definition) is 1. The molecule has 2 heterocycles. The van der Waals surface area contributed by atoms with Gasteiger partial charge < -0.3 is 4.57 Å². The van der Waals surface area contributed by atoms with E-state index in [0.29, 0.717) is 17.9 Å². The molecule has 6 rings (SSSR count). The zero-order valence-electron chi connectivity index (χ0n) is 27.1. The fourth-order valence-electron chi connectivity index (χ4n) is 5.77. The molecule has 2 aromatic heterocycles. The number of aromatic nitrogens is 5. The van der Waals surface area contributed by atoms with E-state index in [1.165, 1.54) is 4.31 Å². The number of sulfonamides is 1. The number of hydrogen-bond acceptors (Lipinski definition) is 6. The van der Waals surface area contributed by atoms with Crippen molar-refractivity contribution in [2.24, 2.45) is 0 Å². The first-order chi connectivity index (χ1) is 23.3. The molecule has 0 radical (unpaired) electrons. The van der Waals surface area contributed by atoms with E-state index in [1.54, 1.807) is 34.9 Å². The second-order valence-electron chi connectivity index (χ2n) is 11.9. The van der Waals surface area contributed by atoms with Crippen LogP contribution in [0, 0.1) is 6.92 Å². The largest absolute Gasteiger partial charge is 0.308 e. The molecule has 1 N–H and O–H groups in total. The summed E-state index contributed by atoms with van der Waals surface area (Å²) in [5.41, 5.74) is 6.76. The number of aromatic amines is 1. The summed E-state index contributed by atoms with van der Waals surface area (Å²) in [6, 6.07) is 36.1. The summed E-state index contributed by atoms with van der Waals surface area (Å²) >= 11 is 0. The smallest absolute Gasteiger partial charge is 0.255 e. The summed E-state index contributed by atoms with van der Waals surface area (Å²) in [7, 11) is -3.91. The van der Waals surface area contributed by atoms with Gasteiger partial charge in [0, 0.05) is 29.9 Å². The molecule has 0 saturated heterocycles. The highest BCUT2D eigenvalue weighted by molar-refractivity contribution is 7.89. The fraction of sp³-hybridized carbons (Fsp3) is 0.211. The number of aryl methyl sites for hydroxylation is 2. The van der Waals surface area contributed by atoms with Gasteiger partial charge in [0.25, 0.3) is 5.56 Å². The van der Waals surface area contributed by atoms with E-state index in [1.807, 2.05) is 91.9 Å². The van der Waals surface area contributed by atoms with Crippen LogP contribution in [0.2, 0.25) is 0 Å². The summed E-state index contributed by atoms with van der Waals surface area (Å²) in [6.07, 6.45) is 2.67. The van der Waals surface area contributed by atoms with Gasteiger partial charge in [-0.15, -0.1) is 10.2 Å². The lowest BCUT2D eigenvalue weighted by Crippen LogP contribution is -2.35. The van der Waals surface area contributed by atoms with E-state index >= 15 is 0 Å². The van der Waals surface area contributed by atoms with Crippen molar-refractivity contribution in [3.05, 3.63) is 154 Å². The molecule has 0 unspecified atom stereocenters. The van der Waals surface area contributed by atoms with Crippen molar-refractivity contribution in [2.45, 2.75) is 57.6 Å². The fourth-order valence-corrected chi connectivity index (χ4v) is 7.18. The van der Waals surface area contributed by atoms with E-state index < -0.39 is 10.0 Å². The molecule has 4 aromatic carbocycles. The van der Waals surface area contributed by atoms with E-state index in [0.717, 1.165) is 58.3 Å². The summed E-state index contributed by atoms with van der Waals surface area (Å²) in [6.45, 7) is 4.50. The summed E-state index contributed by atoms with van der Waals surface area (Å²) in [4.78, 5) is 14.4. The molecule has 48 heavy (non-hydrogen) atoms. The van der Waals surface area contributed by atoms with Crippen molar-refractivity contribution >= 4 is 10.0 Å². The van der Waals surface area contributed by atoms with Crippen LogP contribution >= 0.6 is 0 Å². The van der Waals surface area contributed by atoms with Crippen molar-refractivity contribution in [2.75, 3.05) is 0 Å². The molecular formula is C38H38N6O3S. The van der Waals surface area contributed by atoms with Gasteiger partial charge in [-0.1, -0.05) is 116 Å². The Kier molecular flexibility index (Phi) is 10.0. The van der Waals surface area contributed by atoms with Crippen molar-refractivity contribution in [3.63, 3.8) is 0 Å². The Labute approximate surface area is 281 Å². The van der Waals surface area contributed by atoms with Crippen LogP contribution in [0.4, 0.5) is 0 Å². The average Bonchev–Trinajstić information content (AvgIpc) is 3.65. The first-order valence-corrected chi connectivity index (χ1v) is 17.5. The monoisotopic (exact) mass is 658 g/mol. The predicted octanol–water partition coefficient (Wildman–Crippen LogP) is 6.79. The van der Waals surface area contributed by atoms with Crippen LogP contribution in [0.15, 0.2) is 125 Å². The van der Waals surface area contributed by atoms with Crippen LogP contribution in [0.25, 0.3) is 22.5 Å². The molecule has 0 spiro atoms. The highest BCUT2D eigenvalue weighted by Crippen LogP contribution is 2.30. The lowest BCUT2D eigenvalue weighted by atomic mass is 9.98. The highest BCUT2D eigenvalue weighted by atomic mass is 32.2. The second kappa shape index (κ2) is 14.7. The number of unbranched alkanes of at least 4 members (excludes halogenated alkanes) is 1. The van der Waals surface area contributed by atoms with Gasteiger partial charge in [0.05, 0.1) is 11.4 Å². The molecule has 0 bridgehead atoms. The number of nitrogens with zero attached hydrogens (tertiary/aromatic N) is 5. The SMILES string of the molecule is CCCCc1ccc(CN(Cc2ccccc2)S(=O)(=O)c2ccc(C)cc2)c(=O)n1Cc1ccc(-c2ccccc2-c2nn[nH]n2)cc1. The first-order valence-electron chi connectivity index (χ1n) is 16.1. The predicted molar refractivity (Wildman–Crippen MR) is 188 cm³/mol. The van der Waals surface area contributed by atoms with Crippen LogP contribution in [-0.4, -0.2) is 37.9 Å². The van der Waals surface area contributed by atoms with Crippen LogP contribution in [0.3, 0.4) is 0 Å². The lowest BCUT2D eigenvalue weighted by molar-refractivity contribution is 0.398. The van der Waals surface area contributed by atoms with E-state index in [2.05, 4.69) is 27.5 Å². The van der Waals surface area contributed by atoms with E-state index in [-0.39, 0.29) is 23.5 Å². The Morgan fingerprint density at radius 3 is 2.17 bits per heavy atom. The van der Waals surface area contributed by atoms with Crippen LogP contribution in [0.5, 0.6) is 0 Å². The molecule has 0 aliphatic heterocycles. The Balaban J connectivity index is 1.33.